The molecule has 1 rings (SSSR count). The van der Waals surface area contributed by atoms with Crippen molar-refractivity contribution in [2.24, 2.45) is 11.7 Å². The molecule has 3 N–H and O–H groups in total. The van der Waals surface area contributed by atoms with Crippen LogP contribution in [0.2, 0.25) is 0 Å². The van der Waals surface area contributed by atoms with E-state index in [1.807, 2.05) is 0 Å². The highest BCUT2D eigenvalue weighted by Gasteiger charge is 2.32. The summed E-state index contributed by atoms with van der Waals surface area (Å²) in [6.45, 7) is 4.90. The SMILES string of the molecule is CC1(C)CC(C(N)=O)CN1. The maximum Gasteiger partial charge on any atom is 0.221 e. The van der Waals surface area contributed by atoms with E-state index < -0.39 is 0 Å². The van der Waals surface area contributed by atoms with E-state index in [0.29, 0.717) is 0 Å². The van der Waals surface area contributed by atoms with Crippen molar-refractivity contribution >= 4 is 5.91 Å². The standard InChI is InChI=1S/C7H14N2O/c1-7(2)3-5(4-9-7)6(8)10/h5,9H,3-4H2,1-2H3,(H2,8,10). The maximum atomic E-state index is 10.7. The van der Waals surface area contributed by atoms with Crippen LogP contribution in [0.5, 0.6) is 0 Å². The van der Waals surface area contributed by atoms with Gasteiger partial charge in [0.2, 0.25) is 5.91 Å². The van der Waals surface area contributed by atoms with Gasteiger partial charge >= 0.3 is 0 Å². The molecule has 1 aliphatic heterocycles. The average Bonchev–Trinajstić information content (AvgIpc) is 2.10. The third-order valence-corrected chi connectivity index (χ3v) is 1.99. The Bertz CT molecular complexity index is 154. The van der Waals surface area contributed by atoms with Gasteiger partial charge in [0.15, 0.2) is 0 Å². The molecule has 1 atom stereocenters. The van der Waals surface area contributed by atoms with Crippen molar-refractivity contribution in [2.75, 3.05) is 6.54 Å². The summed E-state index contributed by atoms with van der Waals surface area (Å²) >= 11 is 0. The number of hydrogen-bond acceptors (Lipinski definition) is 2. The van der Waals surface area contributed by atoms with Crippen LogP contribution in [0.25, 0.3) is 0 Å². The number of hydrogen-bond donors (Lipinski definition) is 2. The van der Waals surface area contributed by atoms with E-state index >= 15 is 0 Å². The molecule has 1 unspecified atom stereocenters. The summed E-state index contributed by atoms with van der Waals surface area (Å²) < 4.78 is 0. The van der Waals surface area contributed by atoms with Gasteiger partial charge in [0.25, 0.3) is 0 Å². The number of amides is 1. The molecule has 1 fully saturated rings. The molecule has 1 amide bonds. The smallest absolute Gasteiger partial charge is 0.221 e. The molecule has 0 aromatic rings. The lowest BCUT2D eigenvalue weighted by Crippen LogP contribution is -2.31. The molecule has 0 aliphatic carbocycles. The lowest BCUT2D eigenvalue weighted by molar-refractivity contribution is -0.121. The molecule has 10 heavy (non-hydrogen) atoms. The zero-order valence-electron chi connectivity index (χ0n) is 6.48. The van der Waals surface area contributed by atoms with Crippen LogP contribution in [0, 0.1) is 5.92 Å². The molecule has 0 spiro atoms. The van der Waals surface area contributed by atoms with Gasteiger partial charge in [-0.2, -0.15) is 0 Å². The molecule has 1 heterocycles. The van der Waals surface area contributed by atoms with E-state index in [4.69, 9.17) is 5.73 Å². The Morgan fingerprint density at radius 1 is 1.70 bits per heavy atom. The number of nitrogens with one attached hydrogen (secondary N) is 1. The molecule has 0 radical (unpaired) electrons. The second-order valence-electron chi connectivity index (χ2n) is 3.57. The van der Waals surface area contributed by atoms with Crippen molar-refractivity contribution in [3.63, 3.8) is 0 Å². The third-order valence-electron chi connectivity index (χ3n) is 1.99. The minimum atomic E-state index is -0.182. The average molecular weight is 142 g/mol. The van der Waals surface area contributed by atoms with E-state index in [2.05, 4.69) is 19.2 Å². The molecule has 58 valence electrons. The first-order chi connectivity index (χ1) is 4.51. The quantitative estimate of drug-likeness (QED) is 0.535. The van der Waals surface area contributed by atoms with E-state index in [1.54, 1.807) is 0 Å². The summed E-state index contributed by atoms with van der Waals surface area (Å²) in [4.78, 5) is 10.7. The minimum absolute atomic E-state index is 0.0370. The Morgan fingerprint density at radius 2 is 2.30 bits per heavy atom. The minimum Gasteiger partial charge on any atom is -0.369 e. The summed E-state index contributed by atoms with van der Waals surface area (Å²) in [6, 6.07) is 0. The van der Waals surface area contributed by atoms with E-state index in [-0.39, 0.29) is 17.4 Å². The molecule has 0 bridgehead atoms. The Hall–Kier alpha value is -0.570. The fourth-order valence-electron chi connectivity index (χ4n) is 1.36. The van der Waals surface area contributed by atoms with Gasteiger partial charge in [0, 0.05) is 12.1 Å². The number of carbonyl (C=O) groups excluding carboxylic acids is 1. The topological polar surface area (TPSA) is 55.1 Å². The van der Waals surface area contributed by atoms with Gasteiger partial charge < -0.3 is 11.1 Å². The van der Waals surface area contributed by atoms with Crippen LogP contribution in [0.1, 0.15) is 20.3 Å². The highest BCUT2D eigenvalue weighted by molar-refractivity contribution is 5.77. The summed E-state index contributed by atoms with van der Waals surface area (Å²) in [5, 5.41) is 3.23. The van der Waals surface area contributed by atoms with Crippen molar-refractivity contribution in [2.45, 2.75) is 25.8 Å². The predicted molar refractivity (Wildman–Crippen MR) is 39.4 cm³/mol. The van der Waals surface area contributed by atoms with Crippen molar-refractivity contribution in [3.8, 4) is 0 Å². The Balaban J connectivity index is 2.51. The summed E-state index contributed by atoms with van der Waals surface area (Å²) in [6.07, 6.45) is 0.863. The van der Waals surface area contributed by atoms with Crippen LogP contribution in [-0.2, 0) is 4.79 Å². The Labute approximate surface area is 61.0 Å². The van der Waals surface area contributed by atoms with Crippen molar-refractivity contribution in [3.05, 3.63) is 0 Å². The first-order valence-electron chi connectivity index (χ1n) is 3.56. The summed E-state index contributed by atoms with van der Waals surface area (Å²) in [7, 11) is 0. The van der Waals surface area contributed by atoms with Crippen molar-refractivity contribution in [1.29, 1.82) is 0 Å². The van der Waals surface area contributed by atoms with Crippen LogP contribution in [0.3, 0.4) is 0 Å². The highest BCUT2D eigenvalue weighted by Crippen LogP contribution is 2.22. The van der Waals surface area contributed by atoms with Crippen LogP contribution in [-0.4, -0.2) is 18.0 Å². The molecule has 1 saturated heterocycles. The second-order valence-corrected chi connectivity index (χ2v) is 3.57. The highest BCUT2D eigenvalue weighted by atomic mass is 16.1. The molecule has 0 saturated carbocycles. The molecule has 1 aliphatic rings. The van der Waals surface area contributed by atoms with Crippen LogP contribution in [0.15, 0.2) is 0 Å². The number of nitrogens with two attached hydrogens (primary N) is 1. The van der Waals surface area contributed by atoms with Crippen molar-refractivity contribution in [1.82, 2.24) is 5.32 Å². The molecule has 3 nitrogen and oxygen atoms in total. The summed E-state index contributed by atoms with van der Waals surface area (Å²) in [5.74, 6) is -0.145. The Kier molecular flexibility index (Phi) is 1.68. The van der Waals surface area contributed by atoms with Gasteiger partial charge in [-0.25, -0.2) is 0 Å². The van der Waals surface area contributed by atoms with Gasteiger partial charge in [0.1, 0.15) is 0 Å². The monoisotopic (exact) mass is 142 g/mol. The lowest BCUT2D eigenvalue weighted by atomic mass is 9.97. The predicted octanol–water partition coefficient (Wildman–Crippen LogP) is -0.140. The van der Waals surface area contributed by atoms with Crippen LogP contribution in [0.4, 0.5) is 0 Å². The van der Waals surface area contributed by atoms with Gasteiger partial charge in [-0.15, -0.1) is 0 Å². The van der Waals surface area contributed by atoms with Crippen LogP contribution < -0.4 is 11.1 Å². The zero-order chi connectivity index (χ0) is 7.78. The molecule has 0 aromatic carbocycles. The Morgan fingerprint density at radius 3 is 2.50 bits per heavy atom. The van der Waals surface area contributed by atoms with Gasteiger partial charge in [0.05, 0.1) is 5.92 Å². The van der Waals surface area contributed by atoms with Gasteiger partial charge in [-0.1, -0.05) is 0 Å². The number of carbonyl (C=O) groups is 1. The third kappa shape index (κ3) is 1.48. The van der Waals surface area contributed by atoms with Gasteiger partial charge in [-0.05, 0) is 20.3 Å². The fourth-order valence-corrected chi connectivity index (χ4v) is 1.36. The zero-order valence-corrected chi connectivity index (χ0v) is 6.48. The first kappa shape index (κ1) is 7.54. The first-order valence-corrected chi connectivity index (χ1v) is 3.56. The lowest BCUT2D eigenvalue weighted by Gasteiger charge is -2.16. The van der Waals surface area contributed by atoms with E-state index in [0.717, 1.165) is 13.0 Å². The molecular weight excluding hydrogens is 128 g/mol. The molecule has 0 aromatic heterocycles. The number of primary amides is 1. The normalized spacial score (nSPS) is 30.4. The summed E-state index contributed by atoms with van der Waals surface area (Å²) in [5.41, 5.74) is 5.24. The van der Waals surface area contributed by atoms with Crippen LogP contribution >= 0.6 is 0 Å². The second kappa shape index (κ2) is 2.23. The largest absolute Gasteiger partial charge is 0.369 e. The molecule has 3 heteroatoms. The molecular formula is C7H14N2O. The van der Waals surface area contributed by atoms with E-state index in [9.17, 15) is 4.79 Å². The van der Waals surface area contributed by atoms with Gasteiger partial charge in [-0.3, -0.25) is 4.79 Å². The number of rotatable bonds is 1. The van der Waals surface area contributed by atoms with Crippen molar-refractivity contribution < 1.29 is 4.79 Å². The maximum absolute atomic E-state index is 10.7. The van der Waals surface area contributed by atoms with E-state index in [1.165, 1.54) is 0 Å². The fraction of sp³-hybridized carbons (Fsp3) is 0.857.